The molecule has 4 rings (SSSR count). The monoisotopic (exact) mass is 572 g/mol. The Morgan fingerprint density at radius 3 is 1.29 bits per heavy atom. The predicted octanol–water partition coefficient (Wildman–Crippen LogP) is 5.10. The molecule has 10 heteroatoms. The minimum atomic E-state index is -0.149. The average molecular weight is 573 g/mol. The van der Waals surface area contributed by atoms with E-state index in [-0.39, 0.29) is 35.5 Å². The number of nitrogens with one attached hydrogen (secondary N) is 4. The first-order chi connectivity index (χ1) is 20.3. The highest BCUT2D eigenvalue weighted by atomic mass is 16.2. The van der Waals surface area contributed by atoms with Crippen molar-refractivity contribution in [3.05, 3.63) is 59.7 Å². The van der Waals surface area contributed by atoms with Crippen LogP contribution >= 0.6 is 0 Å². The number of rotatable bonds is 15. The van der Waals surface area contributed by atoms with Crippen LogP contribution in [0, 0.1) is 11.8 Å². The molecule has 0 aromatic heterocycles. The standard InChI is InChI=1S/C32H40N6O4/c1-21(23-13-17-27(18-14-23)33-31(41)25-9-10-25)35-37-29(39)7-5-3-4-6-8-30(40)38-36-22(2)24-15-19-28(20-16-24)34-32(42)26-11-12-26/h13-20,25-26H,3-12H2,1-2H3,(H,33,41)(H,34,42)(H,37,39)(H,38,40). The van der Waals surface area contributed by atoms with Crippen molar-refractivity contribution in [3.63, 3.8) is 0 Å². The topological polar surface area (TPSA) is 141 Å². The molecular formula is C32H40N6O4. The molecule has 0 unspecified atom stereocenters. The Morgan fingerprint density at radius 1 is 0.595 bits per heavy atom. The lowest BCUT2D eigenvalue weighted by atomic mass is 10.1. The molecule has 2 aromatic rings. The normalized spacial score (nSPS) is 15.1. The third-order valence-corrected chi connectivity index (χ3v) is 7.29. The van der Waals surface area contributed by atoms with Crippen LogP contribution in [0.3, 0.4) is 0 Å². The van der Waals surface area contributed by atoms with Crippen LogP contribution in [0.2, 0.25) is 0 Å². The third-order valence-electron chi connectivity index (χ3n) is 7.29. The molecule has 10 nitrogen and oxygen atoms in total. The molecule has 4 N–H and O–H groups in total. The fourth-order valence-corrected chi connectivity index (χ4v) is 4.23. The molecule has 2 aliphatic rings. The third kappa shape index (κ3) is 10.2. The number of nitrogens with zero attached hydrogens (tertiary/aromatic N) is 2. The molecule has 2 fully saturated rings. The van der Waals surface area contributed by atoms with Crippen molar-refractivity contribution in [3.8, 4) is 0 Å². The van der Waals surface area contributed by atoms with Gasteiger partial charge in [-0.3, -0.25) is 19.2 Å². The summed E-state index contributed by atoms with van der Waals surface area (Å²) in [6.45, 7) is 3.64. The number of unbranched alkanes of at least 4 members (excludes halogenated alkanes) is 3. The first kappa shape index (κ1) is 30.6. The Morgan fingerprint density at radius 2 is 0.952 bits per heavy atom. The SMILES string of the molecule is CC(=NNC(=O)CCCCCCC(=O)NN=C(C)c1ccc(NC(=O)C2CC2)cc1)c1ccc(NC(=O)C2CC2)cc1. The molecule has 42 heavy (non-hydrogen) atoms. The number of benzene rings is 2. The minimum absolute atomic E-state index is 0.0685. The molecule has 0 bridgehead atoms. The van der Waals surface area contributed by atoms with Crippen LogP contribution in [0.4, 0.5) is 11.4 Å². The second kappa shape index (κ2) is 15.0. The highest BCUT2D eigenvalue weighted by Gasteiger charge is 2.30. The maximum atomic E-state index is 12.2. The van der Waals surface area contributed by atoms with E-state index in [0.717, 1.165) is 61.0 Å². The van der Waals surface area contributed by atoms with E-state index in [1.807, 2.05) is 62.4 Å². The van der Waals surface area contributed by atoms with Gasteiger partial charge in [0.25, 0.3) is 0 Å². The van der Waals surface area contributed by atoms with Crippen LogP contribution in [0.5, 0.6) is 0 Å². The van der Waals surface area contributed by atoms with Crippen molar-refractivity contribution in [1.29, 1.82) is 0 Å². The molecule has 0 spiro atoms. The van der Waals surface area contributed by atoms with Crippen LogP contribution in [0.25, 0.3) is 0 Å². The van der Waals surface area contributed by atoms with Gasteiger partial charge in [0.05, 0.1) is 11.4 Å². The summed E-state index contributed by atoms with van der Waals surface area (Å²) in [6.07, 6.45) is 7.68. The summed E-state index contributed by atoms with van der Waals surface area (Å²) >= 11 is 0. The molecule has 2 aliphatic carbocycles. The quantitative estimate of drug-likeness (QED) is 0.134. The van der Waals surface area contributed by atoms with Gasteiger partial charge in [-0.25, -0.2) is 10.9 Å². The summed E-state index contributed by atoms with van der Waals surface area (Å²) in [4.78, 5) is 48.1. The Labute approximate surface area is 246 Å². The lowest BCUT2D eigenvalue weighted by Gasteiger charge is -2.07. The second-order valence-electron chi connectivity index (χ2n) is 11.1. The van der Waals surface area contributed by atoms with Crippen molar-refractivity contribution < 1.29 is 19.2 Å². The van der Waals surface area contributed by atoms with Crippen LogP contribution in [-0.4, -0.2) is 35.1 Å². The summed E-state index contributed by atoms with van der Waals surface area (Å²) in [5, 5.41) is 14.2. The highest BCUT2D eigenvalue weighted by molar-refractivity contribution is 6.01. The van der Waals surface area contributed by atoms with Gasteiger partial charge in [-0.2, -0.15) is 10.2 Å². The molecule has 2 aromatic carbocycles. The second-order valence-corrected chi connectivity index (χ2v) is 11.1. The van der Waals surface area contributed by atoms with Gasteiger partial charge in [-0.1, -0.05) is 37.1 Å². The molecular weight excluding hydrogens is 532 g/mol. The Bertz CT molecular complexity index is 1220. The van der Waals surface area contributed by atoms with Gasteiger partial charge in [-0.05, 0) is 87.8 Å². The van der Waals surface area contributed by atoms with Crippen LogP contribution in [0.1, 0.15) is 89.2 Å². The first-order valence-electron chi connectivity index (χ1n) is 14.8. The zero-order valence-electron chi connectivity index (χ0n) is 24.4. The van der Waals surface area contributed by atoms with Crippen molar-refractivity contribution >= 4 is 46.4 Å². The molecule has 0 saturated heterocycles. The summed E-state index contributed by atoms with van der Waals surface area (Å²) in [6, 6.07) is 14.8. The average Bonchev–Trinajstić information content (AvgIpc) is 3.90. The van der Waals surface area contributed by atoms with Crippen molar-refractivity contribution in [2.24, 2.45) is 22.0 Å². The predicted molar refractivity (Wildman–Crippen MR) is 164 cm³/mol. The highest BCUT2D eigenvalue weighted by Crippen LogP contribution is 2.31. The smallest absolute Gasteiger partial charge is 0.240 e. The van der Waals surface area contributed by atoms with E-state index in [9.17, 15) is 19.2 Å². The fourth-order valence-electron chi connectivity index (χ4n) is 4.23. The Kier molecular flexibility index (Phi) is 11.0. The lowest BCUT2D eigenvalue weighted by molar-refractivity contribution is -0.122. The van der Waals surface area contributed by atoms with Gasteiger partial charge in [-0.15, -0.1) is 0 Å². The molecule has 0 heterocycles. The van der Waals surface area contributed by atoms with Gasteiger partial charge in [0, 0.05) is 36.1 Å². The molecule has 4 amide bonds. The molecule has 0 aliphatic heterocycles. The van der Waals surface area contributed by atoms with Crippen molar-refractivity contribution in [2.45, 2.75) is 78.1 Å². The molecule has 0 radical (unpaired) electrons. The van der Waals surface area contributed by atoms with Gasteiger partial charge in [0.1, 0.15) is 0 Å². The van der Waals surface area contributed by atoms with Crippen LogP contribution < -0.4 is 21.5 Å². The maximum absolute atomic E-state index is 12.2. The van der Waals surface area contributed by atoms with Gasteiger partial charge in [0.15, 0.2) is 0 Å². The largest absolute Gasteiger partial charge is 0.326 e. The maximum Gasteiger partial charge on any atom is 0.240 e. The molecule has 222 valence electrons. The van der Waals surface area contributed by atoms with Crippen LogP contribution in [0.15, 0.2) is 58.7 Å². The number of carbonyl (C=O) groups is 4. The van der Waals surface area contributed by atoms with Gasteiger partial charge < -0.3 is 10.6 Å². The summed E-state index contributed by atoms with van der Waals surface area (Å²) in [5.74, 6) is 0.147. The van der Waals surface area contributed by atoms with E-state index in [0.29, 0.717) is 37.1 Å². The van der Waals surface area contributed by atoms with Gasteiger partial charge in [0.2, 0.25) is 23.6 Å². The number of hydrazone groups is 2. The van der Waals surface area contributed by atoms with E-state index in [1.165, 1.54) is 0 Å². The zero-order chi connectivity index (χ0) is 29.9. The number of hydrogen-bond acceptors (Lipinski definition) is 6. The van der Waals surface area contributed by atoms with Crippen LogP contribution in [-0.2, 0) is 19.2 Å². The first-order valence-corrected chi connectivity index (χ1v) is 14.8. The van der Waals surface area contributed by atoms with Crippen molar-refractivity contribution in [2.75, 3.05) is 10.6 Å². The van der Waals surface area contributed by atoms with E-state index >= 15 is 0 Å². The summed E-state index contributed by atoms with van der Waals surface area (Å²) in [5.41, 5.74) is 9.81. The number of carbonyl (C=O) groups excluding carboxylic acids is 4. The van der Waals surface area contributed by atoms with Crippen molar-refractivity contribution in [1.82, 2.24) is 10.9 Å². The summed E-state index contributed by atoms with van der Waals surface area (Å²) < 4.78 is 0. The molecule has 2 saturated carbocycles. The Hall–Kier alpha value is -4.34. The zero-order valence-corrected chi connectivity index (χ0v) is 24.4. The molecule has 0 atom stereocenters. The van der Waals surface area contributed by atoms with E-state index in [1.54, 1.807) is 0 Å². The van der Waals surface area contributed by atoms with E-state index in [2.05, 4.69) is 31.7 Å². The van der Waals surface area contributed by atoms with E-state index in [4.69, 9.17) is 0 Å². The number of amides is 4. The minimum Gasteiger partial charge on any atom is -0.326 e. The summed E-state index contributed by atoms with van der Waals surface area (Å²) in [7, 11) is 0. The lowest BCUT2D eigenvalue weighted by Crippen LogP contribution is -2.19. The van der Waals surface area contributed by atoms with E-state index < -0.39 is 0 Å². The number of hydrogen-bond donors (Lipinski definition) is 4. The van der Waals surface area contributed by atoms with Gasteiger partial charge >= 0.3 is 0 Å². The fraction of sp³-hybridized carbons (Fsp3) is 0.438. The Balaban J connectivity index is 1.05. The number of anilines is 2.